The van der Waals surface area contributed by atoms with Crippen molar-refractivity contribution in [1.82, 2.24) is 14.9 Å². The average molecular weight is 616 g/mol. The van der Waals surface area contributed by atoms with Crippen molar-refractivity contribution >= 4 is 62.8 Å². The number of fused-ring (bicyclic) bond motifs is 1. The van der Waals surface area contributed by atoms with Crippen molar-refractivity contribution < 1.29 is 41.4 Å². The van der Waals surface area contributed by atoms with Crippen LogP contribution in [0, 0.1) is 0 Å². The molecule has 12 nitrogen and oxygen atoms in total. The van der Waals surface area contributed by atoms with Gasteiger partial charge in [-0.1, -0.05) is 11.6 Å². The summed E-state index contributed by atoms with van der Waals surface area (Å²) in [5, 5.41) is 10.6. The van der Waals surface area contributed by atoms with Gasteiger partial charge in [-0.15, -0.1) is 13.2 Å². The van der Waals surface area contributed by atoms with Crippen LogP contribution in [0.15, 0.2) is 36.7 Å². The number of nitrogens with zero attached hydrogens (tertiary/aromatic N) is 5. The molecule has 3 aromatic rings. The van der Waals surface area contributed by atoms with E-state index in [-0.39, 0.29) is 40.4 Å². The first-order chi connectivity index (χ1) is 19.2. The van der Waals surface area contributed by atoms with Crippen LogP contribution in [0.5, 0.6) is 5.75 Å². The van der Waals surface area contributed by atoms with Gasteiger partial charge in [-0.2, -0.15) is 0 Å². The molecule has 1 aliphatic heterocycles. The fraction of sp³-hybridized carbons (Fsp3) is 0.333. The molecule has 0 radical (unpaired) electrons. The van der Waals surface area contributed by atoms with Crippen molar-refractivity contribution in [3.05, 3.63) is 47.2 Å². The normalized spacial score (nSPS) is 17.0. The van der Waals surface area contributed by atoms with Crippen LogP contribution in [0.4, 0.5) is 30.5 Å². The number of aromatic nitrogens is 2. The average Bonchev–Trinajstić information content (AvgIpc) is 3.22. The first-order valence-electron chi connectivity index (χ1n) is 11.9. The molecule has 1 fully saturated rings. The zero-order chi connectivity index (χ0) is 30.2. The minimum atomic E-state index is -5.11. The minimum Gasteiger partial charge on any atom is -0.755 e. The predicted octanol–water partition coefficient (Wildman–Crippen LogP) is 2.73. The Morgan fingerprint density at radius 1 is 1.34 bits per heavy atom. The first kappa shape index (κ1) is 30.1. The number of carboxylic acid groups (broad SMARTS) is 1. The number of carbonyl (C=O) groups is 2. The second-order valence-electron chi connectivity index (χ2n) is 9.26. The highest BCUT2D eigenvalue weighted by atomic mass is 35.5. The highest BCUT2D eigenvalue weighted by Gasteiger charge is 2.43. The number of carbonyl (C=O) groups excluding carboxylic acids is 1. The van der Waals surface area contributed by atoms with Crippen molar-refractivity contribution in [2.45, 2.75) is 31.3 Å². The third-order valence-corrected chi connectivity index (χ3v) is 7.48. The summed E-state index contributed by atoms with van der Waals surface area (Å²) < 4.78 is 69.0. The smallest absolute Gasteiger partial charge is 0.573 e. The Balaban J connectivity index is 1.68. The van der Waals surface area contributed by atoms with Crippen molar-refractivity contribution in [1.29, 1.82) is 0 Å². The minimum absolute atomic E-state index is 0.0254. The van der Waals surface area contributed by atoms with Gasteiger partial charge in [0.2, 0.25) is 5.91 Å². The van der Waals surface area contributed by atoms with Gasteiger partial charge in [-0.25, -0.2) is 14.8 Å². The summed E-state index contributed by atoms with van der Waals surface area (Å²) in [6.45, 7) is -0.189. The molecular formula is C24H23ClF3N6O6S-. The van der Waals surface area contributed by atoms with E-state index in [0.29, 0.717) is 11.2 Å². The molecule has 0 saturated carbocycles. The number of amides is 1. The van der Waals surface area contributed by atoms with Crippen molar-refractivity contribution in [3.8, 4) is 5.75 Å². The summed E-state index contributed by atoms with van der Waals surface area (Å²) in [6.07, 6.45) is -3.25. The Morgan fingerprint density at radius 3 is 2.63 bits per heavy atom. The maximum atomic E-state index is 13.4. The van der Waals surface area contributed by atoms with Gasteiger partial charge in [0.25, 0.3) is 0 Å². The number of nitrogen functional groups attached to an aromatic ring is 1. The lowest BCUT2D eigenvalue weighted by molar-refractivity contribution is -0.274. The number of ether oxygens (including phenoxy) is 1. The molecule has 41 heavy (non-hydrogen) atoms. The molecule has 220 valence electrons. The summed E-state index contributed by atoms with van der Waals surface area (Å²) in [5.41, 5.74) is 5.60. The van der Waals surface area contributed by atoms with E-state index in [9.17, 15) is 36.6 Å². The third kappa shape index (κ3) is 6.39. The first-order valence-corrected chi connectivity index (χ1v) is 13.3. The molecule has 3 atom stereocenters. The molecule has 1 unspecified atom stereocenters. The number of halogens is 4. The molecule has 2 aromatic heterocycles. The van der Waals surface area contributed by atoms with E-state index < -0.39 is 53.8 Å². The maximum absolute atomic E-state index is 13.4. The molecule has 3 N–H and O–H groups in total. The maximum Gasteiger partial charge on any atom is 0.573 e. The zero-order valence-corrected chi connectivity index (χ0v) is 23.0. The number of alkyl halides is 3. The Bertz CT molecular complexity index is 1530. The van der Waals surface area contributed by atoms with Crippen LogP contribution < -0.4 is 19.7 Å². The fourth-order valence-corrected chi connectivity index (χ4v) is 5.65. The fourth-order valence-electron chi connectivity index (χ4n) is 4.64. The largest absolute Gasteiger partial charge is 0.755 e. The summed E-state index contributed by atoms with van der Waals surface area (Å²) in [7, 11) is 3.35. The second kappa shape index (κ2) is 11.5. The molecule has 0 spiro atoms. The lowest BCUT2D eigenvalue weighted by atomic mass is 10.00. The number of carboxylic acids is 1. The monoisotopic (exact) mass is 615 g/mol. The van der Waals surface area contributed by atoms with E-state index in [0.717, 1.165) is 15.3 Å². The van der Waals surface area contributed by atoms with Crippen LogP contribution in [-0.4, -0.2) is 79.7 Å². The number of likely N-dealkylation sites (tertiary alicyclic amines) is 1. The molecule has 17 heteroatoms. The zero-order valence-electron chi connectivity index (χ0n) is 21.5. The number of hydrogen-bond acceptors (Lipinski definition) is 9. The molecule has 1 aliphatic rings. The van der Waals surface area contributed by atoms with Crippen LogP contribution >= 0.6 is 11.6 Å². The highest BCUT2D eigenvalue weighted by Crippen LogP contribution is 2.35. The topological polar surface area (TPSA) is 165 Å². The van der Waals surface area contributed by atoms with Crippen LogP contribution in [0.1, 0.15) is 12.0 Å². The van der Waals surface area contributed by atoms with E-state index in [1.165, 1.54) is 30.6 Å². The number of pyridine rings is 2. The van der Waals surface area contributed by atoms with E-state index in [1.807, 2.05) is 0 Å². The van der Waals surface area contributed by atoms with Gasteiger partial charge >= 0.3 is 12.3 Å². The van der Waals surface area contributed by atoms with Crippen LogP contribution in [0.2, 0.25) is 5.02 Å². The summed E-state index contributed by atoms with van der Waals surface area (Å²) in [5.74, 6) is -2.79. The summed E-state index contributed by atoms with van der Waals surface area (Å²) >= 11 is 3.24. The molecule has 0 aliphatic carbocycles. The Hall–Kier alpha value is -3.89. The number of nitrogens with two attached hydrogens (primary N) is 1. The SMILES string of the molecule is CN(C)c1ncc(N([C@H]2CCN([C@H](Cc3cc4ccnc(N)c4cc3OC(F)(F)F)C(=O)O)C2=O)S(=O)[O-])cc1Cl. The number of benzene rings is 1. The number of rotatable bonds is 9. The molecule has 3 heterocycles. The molecule has 1 saturated heterocycles. The van der Waals surface area contributed by atoms with Gasteiger partial charge in [0.1, 0.15) is 29.5 Å². The van der Waals surface area contributed by atoms with Crippen LogP contribution in [0.25, 0.3) is 10.8 Å². The van der Waals surface area contributed by atoms with E-state index >= 15 is 0 Å². The van der Waals surface area contributed by atoms with E-state index in [2.05, 4.69) is 14.7 Å². The molecule has 1 amide bonds. The lowest BCUT2D eigenvalue weighted by Gasteiger charge is -2.32. The molecule has 4 rings (SSSR count). The van der Waals surface area contributed by atoms with E-state index in [4.69, 9.17) is 17.3 Å². The van der Waals surface area contributed by atoms with Gasteiger partial charge in [0.05, 0.1) is 16.9 Å². The van der Waals surface area contributed by atoms with Crippen LogP contribution in [-0.2, 0) is 27.3 Å². The standard InChI is InChI=1S/C24H24ClF3N6O6S/c1-32(2)21-16(25)9-14(11-31-21)34(41(38)39)17-4-6-33(22(17)35)18(23(36)37)8-13-7-12-3-5-30-20(29)15(12)10-19(13)40-24(26,27)28/h3,5,7,9-11,17-18H,4,6,8H2,1-2H3,(H2,29,30)(H,36,37)(H,38,39)/p-1/t17-,18+/m0/s1. The van der Waals surface area contributed by atoms with Gasteiger partial charge in [-0.3, -0.25) is 13.3 Å². The van der Waals surface area contributed by atoms with Crippen LogP contribution in [0.3, 0.4) is 0 Å². The van der Waals surface area contributed by atoms with E-state index in [1.54, 1.807) is 19.0 Å². The second-order valence-corrected chi connectivity index (χ2v) is 10.5. The Morgan fingerprint density at radius 2 is 2.05 bits per heavy atom. The van der Waals surface area contributed by atoms with Gasteiger partial charge < -0.3 is 29.9 Å². The Labute approximate surface area is 238 Å². The number of hydrogen-bond donors (Lipinski definition) is 2. The number of anilines is 3. The highest BCUT2D eigenvalue weighted by molar-refractivity contribution is 7.80. The van der Waals surface area contributed by atoms with Gasteiger partial charge in [0, 0.05) is 49.9 Å². The van der Waals surface area contributed by atoms with Crippen molar-refractivity contribution in [3.63, 3.8) is 0 Å². The predicted molar refractivity (Wildman–Crippen MR) is 143 cm³/mol. The quantitative estimate of drug-likeness (QED) is 0.342. The molecular weight excluding hydrogens is 593 g/mol. The van der Waals surface area contributed by atoms with Crippen molar-refractivity contribution in [2.24, 2.45) is 0 Å². The van der Waals surface area contributed by atoms with Gasteiger partial charge in [-0.05, 0) is 41.6 Å². The number of aliphatic carboxylic acids is 1. The molecule has 0 bridgehead atoms. The lowest BCUT2D eigenvalue weighted by Crippen LogP contribution is -2.48. The molecule has 1 aromatic carbocycles. The summed E-state index contributed by atoms with van der Waals surface area (Å²) in [4.78, 5) is 36.2. The third-order valence-electron chi connectivity index (χ3n) is 6.42. The Kier molecular flexibility index (Phi) is 8.46. The van der Waals surface area contributed by atoms with Crippen molar-refractivity contribution in [2.75, 3.05) is 35.6 Å². The summed E-state index contributed by atoms with van der Waals surface area (Å²) in [6, 6.07) is 2.07. The van der Waals surface area contributed by atoms with Gasteiger partial charge in [0.15, 0.2) is 0 Å².